The fourth-order valence-electron chi connectivity index (χ4n) is 3.37. The Labute approximate surface area is 202 Å². The van der Waals surface area contributed by atoms with Crippen LogP contribution in [0.3, 0.4) is 0 Å². The lowest BCUT2D eigenvalue weighted by molar-refractivity contribution is -0.115. The van der Waals surface area contributed by atoms with Gasteiger partial charge >= 0.3 is 0 Å². The average Bonchev–Trinajstić information content (AvgIpc) is 3.30. The van der Waals surface area contributed by atoms with Crippen LogP contribution in [0.1, 0.15) is 21.6 Å². The number of carbonyl (C=O) groups excluding carboxylic acids is 2. The van der Waals surface area contributed by atoms with Crippen LogP contribution in [0.5, 0.6) is 5.75 Å². The summed E-state index contributed by atoms with van der Waals surface area (Å²) in [5.74, 6) is 0.321. The Morgan fingerprint density at radius 1 is 0.941 bits per heavy atom. The Balaban J connectivity index is 1.31. The van der Waals surface area contributed by atoms with Crippen molar-refractivity contribution in [2.75, 3.05) is 17.7 Å². The Bertz CT molecular complexity index is 1280. The molecule has 0 aliphatic heterocycles. The highest BCUT2D eigenvalue weighted by Crippen LogP contribution is 2.16. The lowest BCUT2D eigenvalue weighted by atomic mass is 10.1. The van der Waals surface area contributed by atoms with Crippen LogP contribution in [0.25, 0.3) is 0 Å². The second kappa shape index (κ2) is 10.7. The first-order valence-corrected chi connectivity index (χ1v) is 11.0. The fourth-order valence-corrected chi connectivity index (χ4v) is 3.50. The molecule has 7 nitrogen and oxygen atoms in total. The van der Waals surface area contributed by atoms with Gasteiger partial charge in [-0.2, -0.15) is 0 Å². The largest absolute Gasteiger partial charge is 0.497 e. The summed E-state index contributed by atoms with van der Waals surface area (Å²) in [6, 6.07) is 21.9. The number of nitrogens with zero attached hydrogens (tertiary/aromatic N) is 2. The third-order valence-electron chi connectivity index (χ3n) is 5.07. The summed E-state index contributed by atoms with van der Waals surface area (Å²) in [6.07, 6.45) is 3.56. The summed E-state index contributed by atoms with van der Waals surface area (Å²) >= 11 is 5.87. The second-order valence-corrected chi connectivity index (χ2v) is 8.10. The van der Waals surface area contributed by atoms with Crippen LogP contribution in [-0.4, -0.2) is 28.5 Å². The fraction of sp³-hybridized carbons (Fsp3) is 0.115. The molecular weight excluding hydrogens is 452 g/mol. The highest BCUT2D eigenvalue weighted by atomic mass is 35.5. The molecule has 1 heterocycles. The number of carbonyl (C=O) groups is 2. The molecule has 172 valence electrons. The summed E-state index contributed by atoms with van der Waals surface area (Å²) in [7, 11) is 1.60. The second-order valence-electron chi connectivity index (χ2n) is 7.67. The number of anilines is 2. The normalized spacial score (nSPS) is 10.5. The van der Waals surface area contributed by atoms with Gasteiger partial charge in [-0.05, 0) is 59.7 Å². The molecule has 4 aromatic rings. The maximum absolute atomic E-state index is 12.4. The molecule has 1 aromatic heterocycles. The molecule has 0 aliphatic carbocycles. The number of ether oxygens (including phenoxy) is 1. The van der Waals surface area contributed by atoms with Crippen LogP contribution in [0.2, 0.25) is 5.02 Å². The molecule has 8 heteroatoms. The number of nitrogens with one attached hydrogen (secondary N) is 2. The van der Waals surface area contributed by atoms with Gasteiger partial charge in [-0.25, -0.2) is 4.98 Å². The molecule has 4 rings (SSSR count). The molecule has 0 aliphatic rings. The van der Waals surface area contributed by atoms with Gasteiger partial charge in [0.05, 0.1) is 19.9 Å². The van der Waals surface area contributed by atoms with Crippen LogP contribution in [-0.2, 0) is 17.8 Å². The van der Waals surface area contributed by atoms with E-state index >= 15 is 0 Å². The van der Waals surface area contributed by atoms with Gasteiger partial charge in [0.25, 0.3) is 5.91 Å². The van der Waals surface area contributed by atoms with Gasteiger partial charge in [0, 0.05) is 29.1 Å². The summed E-state index contributed by atoms with van der Waals surface area (Å²) in [6.45, 7) is 0.541. The molecule has 0 atom stereocenters. The topological polar surface area (TPSA) is 85.2 Å². The molecule has 3 aromatic carbocycles. The maximum Gasteiger partial charge on any atom is 0.275 e. The van der Waals surface area contributed by atoms with E-state index in [0.717, 1.165) is 16.9 Å². The number of benzene rings is 3. The summed E-state index contributed by atoms with van der Waals surface area (Å²) in [5, 5.41) is 6.30. The zero-order valence-electron chi connectivity index (χ0n) is 18.5. The molecule has 0 radical (unpaired) electrons. The first kappa shape index (κ1) is 23.1. The van der Waals surface area contributed by atoms with Gasteiger partial charge in [0.2, 0.25) is 5.91 Å². The van der Waals surface area contributed by atoms with E-state index in [1.54, 1.807) is 43.9 Å². The van der Waals surface area contributed by atoms with Crippen molar-refractivity contribution in [2.45, 2.75) is 13.0 Å². The van der Waals surface area contributed by atoms with Crippen LogP contribution in [0, 0.1) is 0 Å². The third kappa shape index (κ3) is 6.24. The molecule has 0 saturated carbocycles. The Kier molecular flexibility index (Phi) is 7.25. The van der Waals surface area contributed by atoms with Crippen molar-refractivity contribution in [3.63, 3.8) is 0 Å². The average molecular weight is 475 g/mol. The van der Waals surface area contributed by atoms with E-state index in [2.05, 4.69) is 15.6 Å². The molecule has 2 N–H and O–H groups in total. The number of imidazole rings is 1. The zero-order valence-corrected chi connectivity index (χ0v) is 19.3. The van der Waals surface area contributed by atoms with E-state index in [9.17, 15) is 9.59 Å². The highest BCUT2D eigenvalue weighted by molar-refractivity contribution is 6.30. The van der Waals surface area contributed by atoms with Crippen LogP contribution in [0.15, 0.2) is 85.3 Å². The SMILES string of the molecule is COc1cccc(CC(=O)Nc2ccc(Cn3cnc(C(=O)Nc4ccc(Cl)cc4)c3)cc2)c1. The smallest absolute Gasteiger partial charge is 0.275 e. The summed E-state index contributed by atoms with van der Waals surface area (Å²) < 4.78 is 7.02. The Morgan fingerprint density at radius 3 is 2.38 bits per heavy atom. The van der Waals surface area contributed by atoms with Gasteiger partial charge in [0.15, 0.2) is 0 Å². The first-order valence-electron chi connectivity index (χ1n) is 10.6. The van der Waals surface area contributed by atoms with Gasteiger partial charge in [-0.3, -0.25) is 9.59 Å². The minimum absolute atomic E-state index is 0.105. The van der Waals surface area contributed by atoms with E-state index in [0.29, 0.717) is 28.6 Å². The number of hydrogen-bond acceptors (Lipinski definition) is 4. The van der Waals surface area contributed by atoms with Crippen molar-refractivity contribution in [1.82, 2.24) is 9.55 Å². The first-order chi connectivity index (χ1) is 16.5. The molecular formula is C26H23ClN4O3. The van der Waals surface area contributed by atoms with Crippen LogP contribution < -0.4 is 15.4 Å². The minimum Gasteiger partial charge on any atom is -0.497 e. The highest BCUT2D eigenvalue weighted by Gasteiger charge is 2.10. The monoisotopic (exact) mass is 474 g/mol. The molecule has 0 saturated heterocycles. The quantitative estimate of drug-likeness (QED) is 0.375. The molecule has 0 bridgehead atoms. The van der Waals surface area contributed by atoms with Gasteiger partial charge in [-0.15, -0.1) is 0 Å². The molecule has 0 unspecified atom stereocenters. The van der Waals surface area contributed by atoms with Crippen molar-refractivity contribution in [3.8, 4) is 5.75 Å². The molecule has 34 heavy (non-hydrogen) atoms. The molecule has 0 fully saturated rings. The standard InChI is InChI=1S/C26H23ClN4O3/c1-34-23-4-2-3-19(13-23)14-25(32)29-21-9-5-18(6-10-21)15-31-16-24(28-17-31)26(33)30-22-11-7-20(27)8-12-22/h2-13,16-17H,14-15H2,1H3,(H,29,32)(H,30,33). The number of amides is 2. The third-order valence-corrected chi connectivity index (χ3v) is 5.32. The summed E-state index contributed by atoms with van der Waals surface area (Å²) in [5.41, 5.74) is 3.56. The van der Waals surface area contributed by atoms with Crippen molar-refractivity contribution in [1.29, 1.82) is 0 Å². The van der Waals surface area contributed by atoms with E-state index in [4.69, 9.17) is 16.3 Å². The Hall–Kier alpha value is -4.10. The van der Waals surface area contributed by atoms with Gasteiger partial charge in [0.1, 0.15) is 11.4 Å². The molecule has 0 spiro atoms. The lowest BCUT2D eigenvalue weighted by Gasteiger charge is -2.08. The number of halogens is 1. The maximum atomic E-state index is 12.4. The van der Waals surface area contributed by atoms with Crippen molar-refractivity contribution in [2.24, 2.45) is 0 Å². The van der Waals surface area contributed by atoms with Gasteiger partial charge in [-0.1, -0.05) is 35.9 Å². The number of rotatable bonds is 8. The van der Waals surface area contributed by atoms with Crippen LogP contribution >= 0.6 is 11.6 Å². The minimum atomic E-state index is -0.296. The van der Waals surface area contributed by atoms with E-state index in [1.165, 1.54) is 0 Å². The van der Waals surface area contributed by atoms with E-state index in [-0.39, 0.29) is 18.2 Å². The summed E-state index contributed by atoms with van der Waals surface area (Å²) in [4.78, 5) is 29.0. The predicted octanol–water partition coefficient (Wildman–Crippen LogP) is 5.03. The molecule has 2 amide bonds. The van der Waals surface area contributed by atoms with Crippen molar-refractivity contribution >= 4 is 34.8 Å². The number of methoxy groups -OCH3 is 1. The Morgan fingerprint density at radius 2 is 1.65 bits per heavy atom. The van der Waals surface area contributed by atoms with Crippen molar-refractivity contribution in [3.05, 3.63) is 107 Å². The van der Waals surface area contributed by atoms with E-state index in [1.807, 2.05) is 53.1 Å². The van der Waals surface area contributed by atoms with Crippen LogP contribution in [0.4, 0.5) is 11.4 Å². The number of hydrogen-bond donors (Lipinski definition) is 2. The van der Waals surface area contributed by atoms with E-state index < -0.39 is 0 Å². The number of aromatic nitrogens is 2. The lowest BCUT2D eigenvalue weighted by Crippen LogP contribution is -2.14. The zero-order chi connectivity index (χ0) is 23.9. The van der Waals surface area contributed by atoms with Crippen molar-refractivity contribution < 1.29 is 14.3 Å². The predicted molar refractivity (Wildman–Crippen MR) is 133 cm³/mol. The van der Waals surface area contributed by atoms with Gasteiger partial charge < -0.3 is 19.9 Å².